The number of rotatable bonds is 1. The molecule has 3 heteroatoms. The highest BCUT2D eigenvalue weighted by atomic mass is 15.0. The van der Waals surface area contributed by atoms with Crippen LogP contribution in [0.1, 0.15) is 24.8 Å². The van der Waals surface area contributed by atoms with Crippen LogP contribution in [0.5, 0.6) is 0 Å². The average molecular weight is 229 g/mol. The van der Waals surface area contributed by atoms with Crippen LogP contribution in [0.3, 0.4) is 0 Å². The molecule has 0 amide bonds. The smallest absolute Gasteiger partial charge is 0.101 e. The molecule has 0 unspecified atom stereocenters. The molecule has 2 aliphatic heterocycles. The Labute approximate surface area is 102 Å². The summed E-state index contributed by atoms with van der Waals surface area (Å²) in [5.41, 5.74) is 2.66. The van der Waals surface area contributed by atoms with Gasteiger partial charge in [0.25, 0.3) is 0 Å². The number of amidine groups is 1. The molecule has 1 saturated heterocycles. The van der Waals surface area contributed by atoms with Crippen molar-refractivity contribution in [1.29, 1.82) is 0 Å². The topological polar surface area (TPSA) is 36.4 Å². The lowest BCUT2D eigenvalue weighted by molar-refractivity contribution is 0.459. The van der Waals surface area contributed by atoms with Crippen LogP contribution >= 0.6 is 0 Å². The Morgan fingerprint density at radius 2 is 1.88 bits per heavy atom. The monoisotopic (exact) mass is 229 g/mol. The predicted molar refractivity (Wildman–Crippen MR) is 71.7 cm³/mol. The van der Waals surface area contributed by atoms with E-state index in [0.29, 0.717) is 6.04 Å². The molecule has 0 radical (unpaired) electrons. The first kappa shape index (κ1) is 10.8. The Morgan fingerprint density at radius 3 is 2.76 bits per heavy atom. The van der Waals surface area contributed by atoms with Crippen LogP contribution in [0, 0.1) is 0 Å². The fourth-order valence-corrected chi connectivity index (χ4v) is 2.58. The van der Waals surface area contributed by atoms with Crippen molar-refractivity contribution in [2.75, 3.05) is 18.4 Å². The first-order chi connectivity index (χ1) is 8.42. The number of nitrogens with zero attached hydrogens (tertiary/aromatic N) is 1. The molecule has 0 aliphatic carbocycles. The molecule has 0 aromatic heterocycles. The number of anilines is 1. The van der Waals surface area contributed by atoms with Crippen molar-refractivity contribution in [3.8, 4) is 0 Å². The van der Waals surface area contributed by atoms with Crippen molar-refractivity contribution in [3.63, 3.8) is 0 Å². The Bertz CT molecular complexity index is 419. The standard InChI is InChI=1S/C14H19N3/c1-2-4-13-11(3-1)5-6-14(17-13)16-12-7-9-15-10-8-12/h1-4,12,15H,5-10H2,(H,16,17). The normalized spacial score (nSPS) is 23.2. The minimum Gasteiger partial charge on any atom is -0.344 e. The predicted octanol–water partition coefficient (Wildman–Crippen LogP) is 2.20. The summed E-state index contributed by atoms with van der Waals surface area (Å²) >= 11 is 0. The molecule has 0 spiro atoms. The molecule has 0 bridgehead atoms. The summed E-state index contributed by atoms with van der Waals surface area (Å²) in [6, 6.07) is 9.05. The summed E-state index contributed by atoms with van der Waals surface area (Å²) in [7, 11) is 0. The molecule has 2 heterocycles. The molecule has 3 nitrogen and oxygen atoms in total. The Balaban J connectivity index is 1.72. The fraction of sp³-hybridized carbons (Fsp3) is 0.500. The number of aliphatic imine (C=N–C) groups is 1. The maximum absolute atomic E-state index is 4.86. The number of nitrogens with one attached hydrogen (secondary N) is 2. The van der Waals surface area contributed by atoms with Gasteiger partial charge in [0, 0.05) is 12.1 Å². The minimum atomic E-state index is 0.518. The van der Waals surface area contributed by atoms with Gasteiger partial charge in [-0.1, -0.05) is 18.2 Å². The lowest BCUT2D eigenvalue weighted by atomic mass is 10.0. The molecule has 3 rings (SSSR count). The van der Waals surface area contributed by atoms with Crippen LogP contribution in [0.15, 0.2) is 29.3 Å². The number of hydrogen-bond donors (Lipinski definition) is 2. The van der Waals surface area contributed by atoms with Gasteiger partial charge in [0.15, 0.2) is 0 Å². The second-order valence-electron chi connectivity index (χ2n) is 4.84. The number of fused-ring (bicyclic) bond motifs is 1. The summed E-state index contributed by atoms with van der Waals surface area (Å²) in [5, 5.41) is 6.85. The van der Waals surface area contributed by atoms with E-state index in [4.69, 9.17) is 4.99 Å². The Hall–Kier alpha value is -1.35. The summed E-state index contributed by atoms with van der Waals surface area (Å²) < 4.78 is 0. The van der Waals surface area contributed by atoms with Gasteiger partial charge in [0.1, 0.15) is 5.84 Å². The number of benzene rings is 1. The van der Waals surface area contributed by atoms with Gasteiger partial charge in [-0.15, -0.1) is 0 Å². The van der Waals surface area contributed by atoms with Crippen molar-refractivity contribution in [1.82, 2.24) is 5.32 Å². The van der Waals surface area contributed by atoms with Gasteiger partial charge in [-0.25, -0.2) is 0 Å². The lowest BCUT2D eigenvalue weighted by Gasteiger charge is -2.24. The van der Waals surface area contributed by atoms with E-state index in [1.54, 1.807) is 0 Å². The molecule has 2 aliphatic rings. The van der Waals surface area contributed by atoms with E-state index in [1.807, 2.05) is 0 Å². The van der Waals surface area contributed by atoms with Crippen LogP contribution in [0.2, 0.25) is 0 Å². The van der Waals surface area contributed by atoms with Crippen molar-refractivity contribution in [3.05, 3.63) is 29.8 Å². The second kappa shape index (κ2) is 4.88. The van der Waals surface area contributed by atoms with Crippen LogP contribution in [0.25, 0.3) is 0 Å². The largest absolute Gasteiger partial charge is 0.344 e. The second-order valence-corrected chi connectivity index (χ2v) is 4.84. The molecule has 2 N–H and O–H groups in total. The van der Waals surface area contributed by atoms with Gasteiger partial charge in [-0.3, -0.25) is 4.99 Å². The van der Waals surface area contributed by atoms with E-state index in [9.17, 15) is 0 Å². The van der Waals surface area contributed by atoms with Crippen LogP contribution < -0.4 is 10.6 Å². The first-order valence-corrected chi connectivity index (χ1v) is 6.54. The van der Waals surface area contributed by atoms with Crippen LogP contribution in [0.4, 0.5) is 5.69 Å². The number of aryl methyl sites for hydroxylation is 1. The van der Waals surface area contributed by atoms with Gasteiger partial charge in [-0.05, 0) is 44.0 Å². The van der Waals surface area contributed by atoms with Crippen molar-refractivity contribution < 1.29 is 0 Å². The number of para-hydroxylation sites is 1. The molecule has 1 fully saturated rings. The zero-order chi connectivity index (χ0) is 11.5. The third-order valence-electron chi connectivity index (χ3n) is 3.57. The molecule has 17 heavy (non-hydrogen) atoms. The van der Waals surface area contributed by atoms with Gasteiger partial charge in [0.2, 0.25) is 0 Å². The van der Waals surface area contributed by atoms with Crippen molar-refractivity contribution in [2.45, 2.75) is 31.7 Å². The molecule has 1 aromatic rings. The van der Waals surface area contributed by atoms with Crippen molar-refractivity contribution >= 4 is 11.5 Å². The van der Waals surface area contributed by atoms with E-state index in [0.717, 1.165) is 25.9 Å². The average Bonchev–Trinajstić information content (AvgIpc) is 2.40. The lowest BCUT2D eigenvalue weighted by Crippen LogP contribution is -2.31. The van der Waals surface area contributed by atoms with Gasteiger partial charge in [-0.2, -0.15) is 0 Å². The maximum Gasteiger partial charge on any atom is 0.101 e. The highest BCUT2D eigenvalue weighted by Gasteiger charge is 2.16. The van der Waals surface area contributed by atoms with E-state index >= 15 is 0 Å². The number of hydrogen-bond acceptors (Lipinski definition) is 2. The van der Waals surface area contributed by atoms with Gasteiger partial charge in [0.05, 0.1) is 6.04 Å². The Morgan fingerprint density at radius 1 is 1.06 bits per heavy atom. The third kappa shape index (κ3) is 2.50. The molecular formula is C14H19N3. The molecule has 1 aromatic carbocycles. The summed E-state index contributed by atoms with van der Waals surface area (Å²) in [4.78, 5) is 4.86. The van der Waals surface area contributed by atoms with E-state index < -0.39 is 0 Å². The molecular weight excluding hydrogens is 210 g/mol. The van der Waals surface area contributed by atoms with Crippen LogP contribution in [-0.2, 0) is 6.42 Å². The fourth-order valence-electron chi connectivity index (χ4n) is 2.58. The minimum absolute atomic E-state index is 0.518. The summed E-state index contributed by atoms with van der Waals surface area (Å²) in [5.74, 6) is 1.18. The highest BCUT2D eigenvalue weighted by Crippen LogP contribution is 2.22. The number of piperidine rings is 1. The highest BCUT2D eigenvalue weighted by molar-refractivity contribution is 5.98. The summed E-state index contributed by atoms with van der Waals surface area (Å²) in [6.07, 6.45) is 4.52. The van der Waals surface area contributed by atoms with Crippen molar-refractivity contribution in [2.24, 2.45) is 4.99 Å². The summed E-state index contributed by atoms with van der Waals surface area (Å²) in [6.45, 7) is 2.22. The zero-order valence-electron chi connectivity index (χ0n) is 10.1. The SMILES string of the molecule is c1ccc2c(c1)CCC(=NC1CCNCC1)N2. The first-order valence-electron chi connectivity index (χ1n) is 6.54. The molecule has 0 atom stereocenters. The maximum atomic E-state index is 4.86. The van der Waals surface area contributed by atoms with E-state index in [2.05, 4.69) is 34.9 Å². The molecule has 90 valence electrons. The van der Waals surface area contributed by atoms with E-state index in [-0.39, 0.29) is 0 Å². The van der Waals surface area contributed by atoms with E-state index in [1.165, 1.54) is 29.9 Å². The van der Waals surface area contributed by atoms with Crippen LogP contribution in [-0.4, -0.2) is 25.0 Å². The third-order valence-corrected chi connectivity index (χ3v) is 3.57. The zero-order valence-corrected chi connectivity index (χ0v) is 10.1. The van der Waals surface area contributed by atoms with Gasteiger partial charge >= 0.3 is 0 Å². The van der Waals surface area contributed by atoms with Gasteiger partial charge < -0.3 is 10.6 Å². The Kier molecular flexibility index (Phi) is 3.10. The quantitative estimate of drug-likeness (QED) is 0.774. The molecule has 0 saturated carbocycles.